The highest BCUT2D eigenvalue weighted by Crippen LogP contribution is 2.22. The second-order valence-corrected chi connectivity index (χ2v) is 5.17. The average molecular weight is 306 g/mol. The van der Waals surface area contributed by atoms with Gasteiger partial charge in [0, 0.05) is 11.8 Å². The Labute approximate surface area is 124 Å². The molecule has 1 aromatic heterocycles. The van der Waals surface area contributed by atoms with Crippen molar-refractivity contribution in [3.8, 4) is 5.69 Å². The van der Waals surface area contributed by atoms with E-state index in [1.807, 2.05) is 0 Å². The number of nitrogens with zero attached hydrogens (tertiary/aromatic N) is 1. The van der Waals surface area contributed by atoms with E-state index in [-0.39, 0.29) is 5.69 Å². The molecule has 1 heterocycles. The topological polar surface area (TPSA) is 22.0 Å². The van der Waals surface area contributed by atoms with E-state index in [0.717, 1.165) is 18.2 Å². The first-order chi connectivity index (χ1) is 9.97. The van der Waals surface area contributed by atoms with E-state index >= 15 is 0 Å². The van der Waals surface area contributed by atoms with Crippen LogP contribution in [0.3, 0.4) is 0 Å². The third-order valence-electron chi connectivity index (χ3n) is 3.29. The lowest BCUT2D eigenvalue weighted by molar-refractivity contribution is 0.581. The number of rotatable bonds is 1. The SMILES string of the molecule is Cc1cc2cccc(Cl)c2c(=O)n1-c1cc(F)cc(F)c1. The van der Waals surface area contributed by atoms with Gasteiger partial charge in [0.25, 0.3) is 5.56 Å². The number of halogens is 3. The van der Waals surface area contributed by atoms with Gasteiger partial charge in [-0.25, -0.2) is 8.78 Å². The summed E-state index contributed by atoms with van der Waals surface area (Å²) in [6.07, 6.45) is 0. The zero-order valence-electron chi connectivity index (χ0n) is 11.0. The zero-order chi connectivity index (χ0) is 15.1. The normalized spacial score (nSPS) is 11.0. The molecule has 2 aromatic carbocycles. The Morgan fingerprint density at radius 3 is 2.38 bits per heavy atom. The minimum atomic E-state index is -0.740. The fourth-order valence-electron chi connectivity index (χ4n) is 2.44. The molecule has 2 nitrogen and oxygen atoms in total. The number of aromatic nitrogens is 1. The summed E-state index contributed by atoms with van der Waals surface area (Å²) in [5, 5.41) is 1.33. The summed E-state index contributed by atoms with van der Waals surface area (Å²) in [5.74, 6) is -1.48. The summed E-state index contributed by atoms with van der Waals surface area (Å²) in [5.41, 5.74) is 0.303. The molecule has 0 spiro atoms. The quantitative estimate of drug-likeness (QED) is 0.659. The number of benzene rings is 2. The van der Waals surface area contributed by atoms with Crippen LogP contribution in [0.2, 0.25) is 5.02 Å². The first-order valence-corrected chi connectivity index (χ1v) is 6.62. The van der Waals surface area contributed by atoms with Crippen LogP contribution >= 0.6 is 11.6 Å². The third-order valence-corrected chi connectivity index (χ3v) is 3.60. The lowest BCUT2D eigenvalue weighted by Gasteiger charge is -2.12. The van der Waals surface area contributed by atoms with E-state index in [4.69, 9.17) is 11.6 Å². The maximum absolute atomic E-state index is 13.4. The van der Waals surface area contributed by atoms with Crippen LogP contribution < -0.4 is 5.56 Å². The Bertz CT molecular complexity index is 898. The molecule has 0 saturated carbocycles. The molecule has 3 rings (SSSR count). The average Bonchev–Trinajstić information content (AvgIpc) is 2.36. The molecule has 5 heteroatoms. The van der Waals surface area contributed by atoms with Gasteiger partial charge < -0.3 is 0 Å². The molecule has 21 heavy (non-hydrogen) atoms. The molecule has 0 N–H and O–H groups in total. The minimum Gasteiger partial charge on any atom is -0.281 e. The van der Waals surface area contributed by atoms with Gasteiger partial charge in [-0.2, -0.15) is 0 Å². The molecule has 0 unspecified atom stereocenters. The number of pyridine rings is 1. The molecule has 0 aliphatic carbocycles. The van der Waals surface area contributed by atoms with Crippen LogP contribution in [0.1, 0.15) is 5.69 Å². The van der Waals surface area contributed by atoms with E-state index in [1.54, 1.807) is 31.2 Å². The van der Waals surface area contributed by atoms with Gasteiger partial charge in [0.2, 0.25) is 0 Å². The van der Waals surface area contributed by atoms with E-state index in [0.29, 0.717) is 21.5 Å². The van der Waals surface area contributed by atoms with Crippen molar-refractivity contribution in [2.75, 3.05) is 0 Å². The van der Waals surface area contributed by atoms with E-state index in [2.05, 4.69) is 0 Å². The van der Waals surface area contributed by atoms with Gasteiger partial charge in [0.1, 0.15) is 11.6 Å². The molecular weight excluding hydrogens is 296 g/mol. The molecule has 0 aliphatic heterocycles. The van der Waals surface area contributed by atoms with Gasteiger partial charge >= 0.3 is 0 Å². The van der Waals surface area contributed by atoms with Gasteiger partial charge in [-0.15, -0.1) is 0 Å². The summed E-state index contributed by atoms with van der Waals surface area (Å²) in [7, 11) is 0. The van der Waals surface area contributed by atoms with Crippen molar-refractivity contribution < 1.29 is 8.78 Å². The Morgan fingerprint density at radius 1 is 1.05 bits per heavy atom. The molecule has 0 amide bonds. The molecule has 0 saturated heterocycles. The Kier molecular flexibility index (Phi) is 3.26. The molecule has 0 fully saturated rings. The highest BCUT2D eigenvalue weighted by atomic mass is 35.5. The second-order valence-electron chi connectivity index (χ2n) is 4.76. The van der Waals surface area contributed by atoms with Gasteiger partial charge in [-0.05, 0) is 36.6 Å². The number of fused-ring (bicyclic) bond motifs is 1. The van der Waals surface area contributed by atoms with Crippen LogP contribution in [0.4, 0.5) is 8.78 Å². The lowest BCUT2D eigenvalue weighted by atomic mass is 10.1. The van der Waals surface area contributed by atoms with Crippen LogP contribution in [-0.2, 0) is 0 Å². The standard InChI is InChI=1S/C16H10ClF2NO/c1-9-5-10-3-2-4-14(17)15(10)16(21)20(9)13-7-11(18)6-12(19)8-13/h2-8H,1H3. The predicted octanol–water partition coefficient (Wildman–Crippen LogP) is 4.23. The summed E-state index contributed by atoms with van der Waals surface area (Å²) >= 11 is 6.08. The van der Waals surface area contributed by atoms with Crippen molar-refractivity contribution in [3.63, 3.8) is 0 Å². The minimum absolute atomic E-state index is 0.136. The summed E-state index contributed by atoms with van der Waals surface area (Å²) in [6.45, 7) is 1.70. The Morgan fingerprint density at radius 2 is 1.71 bits per heavy atom. The van der Waals surface area contributed by atoms with E-state index in [9.17, 15) is 13.6 Å². The Hall–Kier alpha value is -2.20. The van der Waals surface area contributed by atoms with E-state index in [1.165, 1.54) is 4.57 Å². The summed E-state index contributed by atoms with van der Waals surface area (Å²) in [4.78, 5) is 12.6. The largest absolute Gasteiger partial charge is 0.281 e. The maximum atomic E-state index is 13.4. The second kappa shape index (κ2) is 4.97. The fraction of sp³-hybridized carbons (Fsp3) is 0.0625. The molecule has 0 radical (unpaired) electrons. The maximum Gasteiger partial charge on any atom is 0.264 e. The van der Waals surface area contributed by atoms with Crippen LogP contribution in [-0.4, -0.2) is 4.57 Å². The van der Waals surface area contributed by atoms with Crippen molar-refractivity contribution in [1.29, 1.82) is 0 Å². The van der Waals surface area contributed by atoms with Crippen molar-refractivity contribution >= 4 is 22.4 Å². The van der Waals surface area contributed by atoms with E-state index < -0.39 is 17.2 Å². The van der Waals surface area contributed by atoms with Gasteiger partial charge in [0.15, 0.2) is 0 Å². The van der Waals surface area contributed by atoms with Crippen LogP contribution in [0, 0.1) is 18.6 Å². The summed E-state index contributed by atoms with van der Waals surface area (Å²) < 4.78 is 28.0. The van der Waals surface area contributed by atoms with Crippen molar-refractivity contribution in [1.82, 2.24) is 4.57 Å². The first-order valence-electron chi connectivity index (χ1n) is 6.25. The van der Waals surface area contributed by atoms with Crippen molar-refractivity contribution in [2.24, 2.45) is 0 Å². The predicted molar refractivity (Wildman–Crippen MR) is 79.2 cm³/mol. The van der Waals surface area contributed by atoms with Crippen molar-refractivity contribution in [3.05, 3.63) is 75.2 Å². The van der Waals surface area contributed by atoms with Gasteiger partial charge in [-0.1, -0.05) is 23.7 Å². The third kappa shape index (κ3) is 2.32. The van der Waals surface area contributed by atoms with Crippen LogP contribution in [0.25, 0.3) is 16.5 Å². The molecule has 0 bridgehead atoms. The molecule has 0 aliphatic rings. The number of aryl methyl sites for hydroxylation is 1. The molecular formula is C16H10ClF2NO. The monoisotopic (exact) mass is 305 g/mol. The van der Waals surface area contributed by atoms with Gasteiger partial charge in [-0.3, -0.25) is 9.36 Å². The van der Waals surface area contributed by atoms with Gasteiger partial charge in [0.05, 0.1) is 16.1 Å². The molecule has 0 atom stereocenters. The highest BCUT2D eigenvalue weighted by molar-refractivity contribution is 6.35. The van der Waals surface area contributed by atoms with Crippen LogP contribution in [0.5, 0.6) is 0 Å². The zero-order valence-corrected chi connectivity index (χ0v) is 11.8. The highest BCUT2D eigenvalue weighted by Gasteiger charge is 2.12. The Balaban J connectivity index is 2.43. The fourth-order valence-corrected chi connectivity index (χ4v) is 2.70. The molecule has 106 valence electrons. The summed E-state index contributed by atoms with van der Waals surface area (Å²) in [6, 6.07) is 9.86. The lowest BCUT2D eigenvalue weighted by Crippen LogP contribution is -2.21. The number of hydrogen-bond donors (Lipinski definition) is 0. The van der Waals surface area contributed by atoms with Crippen molar-refractivity contribution in [2.45, 2.75) is 6.92 Å². The van der Waals surface area contributed by atoms with Crippen LogP contribution in [0.15, 0.2) is 47.3 Å². The first kappa shape index (κ1) is 13.8. The smallest absolute Gasteiger partial charge is 0.264 e. The number of hydrogen-bond acceptors (Lipinski definition) is 1. The molecule has 3 aromatic rings.